The van der Waals surface area contributed by atoms with E-state index in [9.17, 15) is 0 Å². The van der Waals surface area contributed by atoms with E-state index in [1.807, 2.05) is 18.2 Å². The Morgan fingerprint density at radius 1 is 1.40 bits per heavy atom. The van der Waals surface area contributed by atoms with E-state index in [1.165, 1.54) is 24.8 Å². The number of nitriles is 1. The van der Waals surface area contributed by atoms with Gasteiger partial charge in [-0.3, -0.25) is 0 Å². The Hall–Kier alpha value is -1.33. The van der Waals surface area contributed by atoms with Gasteiger partial charge in [-0.05, 0) is 48.9 Å². The van der Waals surface area contributed by atoms with E-state index in [1.54, 1.807) is 0 Å². The van der Waals surface area contributed by atoms with Crippen molar-refractivity contribution in [2.75, 3.05) is 6.54 Å². The first-order chi connectivity index (χ1) is 7.28. The summed E-state index contributed by atoms with van der Waals surface area (Å²) in [5, 5.41) is 8.81. The number of nitrogens with two attached hydrogens (primary N) is 1. The molecule has 1 aromatic carbocycles. The van der Waals surface area contributed by atoms with Crippen molar-refractivity contribution in [3.63, 3.8) is 0 Å². The minimum Gasteiger partial charge on any atom is -0.330 e. The Labute approximate surface area is 90.7 Å². The van der Waals surface area contributed by atoms with Gasteiger partial charge in [-0.25, -0.2) is 0 Å². The van der Waals surface area contributed by atoms with E-state index in [0.717, 1.165) is 18.5 Å². The predicted molar refractivity (Wildman–Crippen MR) is 60.2 cm³/mol. The minimum absolute atomic E-state index is 0.327. The normalized spacial score (nSPS) is 17.9. The van der Waals surface area contributed by atoms with Crippen molar-refractivity contribution in [3.8, 4) is 6.07 Å². The lowest BCUT2D eigenvalue weighted by atomic mass is 9.65. The predicted octanol–water partition coefficient (Wildman–Crippen LogP) is 2.23. The van der Waals surface area contributed by atoms with Crippen molar-refractivity contribution in [2.24, 2.45) is 11.1 Å². The van der Waals surface area contributed by atoms with Gasteiger partial charge in [-0.1, -0.05) is 18.6 Å². The van der Waals surface area contributed by atoms with Crippen LogP contribution in [0.15, 0.2) is 24.3 Å². The molecular formula is C13H16N2. The molecule has 15 heavy (non-hydrogen) atoms. The fourth-order valence-corrected chi connectivity index (χ4v) is 2.31. The summed E-state index contributed by atoms with van der Waals surface area (Å²) in [7, 11) is 0. The van der Waals surface area contributed by atoms with Crippen molar-refractivity contribution < 1.29 is 0 Å². The second-order valence-electron chi connectivity index (χ2n) is 4.55. The molecule has 1 saturated carbocycles. The highest BCUT2D eigenvalue weighted by molar-refractivity contribution is 5.33. The zero-order chi connectivity index (χ0) is 10.7. The van der Waals surface area contributed by atoms with Crippen molar-refractivity contribution in [3.05, 3.63) is 35.4 Å². The van der Waals surface area contributed by atoms with Crippen LogP contribution >= 0.6 is 0 Å². The number of rotatable bonds is 3. The van der Waals surface area contributed by atoms with E-state index in [0.29, 0.717) is 5.41 Å². The highest BCUT2D eigenvalue weighted by Crippen LogP contribution is 2.42. The lowest BCUT2D eigenvalue weighted by Crippen LogP contribution is -2.39. The monoisotopic (exact) mass is 200 g/mol. The van der Waals surface area contributed by atoms with Gasteiger partial charge < -0.3 is 5.73 Å². The van der Waals surface area contributed by atoms with E-state index in [-0.39, 0.29) is 0 Å². The smallest absolute Gasteiger partial charge is 0.0991 e. The second-order valence-corrected chi connectivity index (χ2v) is 4.55. The molecule has 0 bridgehead atoms. The molecule has 2 nitrogen and oxygen atoms in total. The quantitative estimate of drug-likeness (QED) is 0.813. The topological polar surface area (TPSA) is 49.8 Å². The van der Waals surface area contributed by atoms with Crippen LogP contribution in [0.25, 0.3) is 0 Å². The maximum atomic E-state index is 8.81. The zero-order valence-corrected chi connectivity index (χ0v) is 8.87. The number of hydrogen-bond donors (Lipinski definition) is 1. The molecule has 0 spiro atoms. The summed E-state index contributed by atoms with van der Waals surface area (Å²) in [4.78, 5) is 0. The fraction of sp³-hybridized carbons (Fsp3) is 0.462. The molecule has 1 aliphatic carbocycles. The summed E-state index contributed by atoms with van der Waals surface area (Å²) < 4.78 is 0. The zero-order valence-electron chi connectivity index (χ0n) is 8.87. The van der Waals surface area contributed by atoms with E-state index in [2.05, 4.69) is 12.1 Å². The Bertz CT molecular complexity index is 380. The summed E-state index contributed by atoms with van der Waals surface area (Å²) >= 11 is 0. The molecule has 1 fully saturated rings. The molecule has 2 rings (SSSR count). The van der Waals surface area contributed by atoms with Crippen LogP contribution in [0, 0.1) is 16.7 Å². The van der Waals surface area contributed by atoms with Crippen molar-refractivity contribution in [2.45, 2.75) is 25.7 Å². The second kappa shape index (κ2) is 4.04. The van der Waals surface area contributed by atoms with Crippen LogP contribution in [0.4, 0.5) is 0 Å². The first kappa shape index (κ1) is 10.2. The third-order valence-electron chi connectivity index (χ3n) is 3.48. The molecule has 0 aromatic heterocycles. The van der Waals surface area contributed by atoms with Gasteiger partial charge in [-0.15, -0.1) is 0 Å². The Morgan fingerprint density at radius 3 is 2.73 bits per heavy atom. The summed E-state index contributed by atoms with van der Waals surface area (Å²) in [6, 6.07) is 10.1. The Balaban J connectivity index is 2.13. The van der Waals surface area contributed by atoms with Crippen LogP contribution in [-0.2, 0) is 6.42 Å². The average molecular weight is 200 g/mol. The van der Waals surface area contributed by atoms with Gasteiger partial charge in [0, 0.05) is 0 Å². The van der Waals surface area contributed by atoms with Crippen molar-refractivity contribution in [1.29, 1.82) is 5.26 Å². The molecule has 1 aliphatic rings. The molecule has 0 unspecified atom stereocenters. The van der Waals surface area contributed by atoms with E-state index >= 15 is 0 Å². The molecule has 0 amide bonds. The van der Waals surface area contributed by atoms with Gasteiger partial charge in [0.15, 0.2) is 0 Å². The molecule has 2 heteroatoms. The third kappa shape index (κ3) is 2.03. The highest BCUT2D eigenvalue weighted by Gasteiger charge is 2.35. The molecule has 78 valence electrons. The van der Waals surface area contributed by atoms with E-state index < -0.39 is 0 Å². The van der Waals surface area contributed by atoms with Crippen LogP contribution in [0.5, 0.6) is 0 Å². The number of benzene rings is 1. The van der Waals surface area contributed by atoms with Gasteiger partial charge in [0.25, 0.3) is 0 Å². The van der Waals surface area contributed by atoms with Gasteiger partial charge >= 0.3 is 0 Å². The van der Waals surface area contributed by atoms with Crippen LogP contribution in [-0.4, -0.2) is 6.54 Å². The number of nitrogens with zero attached hydrogens (tertiary/aromatic N) is 1. The lowest BCUT2D eigenvalue weighted by Gasteiger charge is -2.41. The SMILES string of the molecule is N#Cc1cccc(CC2(CN)CCC2)c1. The first-order valence-corrected chi connectivity index (χ1v) is 5.47. The molecule has 0 heterocycles. The molecule has 0 radical (unpaired) electrons. The minimum atomic E-state index is 0.327. The van der Waals surface area contributed by atoms with Crippen molar-refractivity contribution >= 4 is 0 Å². The summed E-state index contributed by atoms with van der Waals surface area (Å²) in [5.41, 5.74) is 8.15. The van der Waals surface area contributed by atoms with Crippen LogP contribution in [0.2, 0.25) is 0 Å². The van der Waals surface area contributed by atoms with Crippen LogP contribution in [0.3, 0.4) is 0 Å². The van der Waals surface area contributed by atoms with Gasteiger partial charge in [-0.2, -0.15) is 5.26 Å². The van der Waals surface area contributed by atoms with Gasteiger partial charge in [0.05, 0.1) is 11.6 Å². The summed E-state index contributed by atoms with van der Waals surface area (Å²) in [5.74, 6) is 0. The molecular weight excluding hydrogens is 184 g/mol. The largest absolute Gasteiger partial charge is 0.330 e. The average Bonchev–Trinajstić information content (AvgIpc) is 2.24. The molecule has 0 aliphatic heterocycles. The van der Waals surface area contributed by atoms with Crippen molar-refractivity contribution in [1.82, 2.24) is 0 Å². The molecule has 0 saturated heterocycles. The van der Waals surface area contributed by atoms with Crippen LogP contribution in [0.1, 0.15) is 30.4 Å². The number of hydrogen-bond acceptors (Lipinski definition) is 2. The fourth-order valence-electron chi connectivity index (χ4n) is 2.31. The summed E-state index contributed by atoms with van der Waals surface area (Å²) in [6.45, 7) is 0.768. The van der Waals surface area contributed by atoms with Crippen LogP contribution < -0.4 is 5.73 Å². The Kier molecular flexibility index (Phi) is 2.75. The van der Waals surface area contributed by atoms with Gasteiger partial charge in [0.1, 0.15) is 0 Å². The maximum absolute atomic E-state index is 8.81. The van der Waals surface area contributed by atoms with E-state index in [4.69, 9.17) is 11.0 Å². The summed E-state index contributed by atoms with van der Waals surface area (Å²) in [6.07, 6.45) is 4.80. The maximum Gasteiger partial charge on any atom is 0.0991 e. The first-order valence-electron chi connectivity index (χ1n) is 5.47. The standard InChI is InChI=1S/C13H16N2/c14-9-12-4-1-3-11(7-12)8-13(10-15)5-2-6-13/h1,3-4,7H,2,5-6,8,10,15H2. The molecule has 1 aromatic rings. The molecule has 0 atom stereocenters. The molecule has 2 N–H and O–H groups in total. The Morgan fingerprint density at radius 2 is 2.20 bits per heavy atom. The van der Waals surface area contributed by atoms with Gasteiger partial charge in [0.2, 0.25) is 0 Å². The third-order valence-corrected chi connectivity index (χ3v) is 3.48. The highest BCUT2D eigenvalue weighted by atomic mass is 14.6. The lowest BCUT2D eigenvalue weighted by molar-refractivity contribution is 0.145.